The molecule has 108 valence electrons. The molecule has 0 unspecified atom stereocenters. The van der Waals surface area contributed by atoms with Gasteiger partial charge >= 0.3 is 0 Å². The van der Waals surface area contributed by atoms with Gasteiger partial charge in [0.05, 0.1) is 4.83 Å². The molecule has 1 amide bonds. The molecule has 2 nitrogen and oxygen atoms in total. The average Bonchev–Trinajstić information content (AvgIpc) is 2.37. The fraction of sp³-hybridized carbons (Fsp3) is 0.938. The van der Waals surface area contributed by atoms with E-state index in [0.29, 0.717) is 5.91 Å². The highest BCUT2D eigenvalue weighted by atomic mass is 79.9. The molecule has 19 heavy (non-hydrogen) atoms. The Kier molecular flexibility index (Phi) is 3.70. The Balaban J connectivity index is 1.79. The summed E-state index contributed by atoms with van der Waals surface area (Å²) in [4.78, 5) is 14.8. The Morgan fingerprint density at radius 2 is 1.53 bits per heavy atom. The molecule has 0 aromatic carbocycles. The lowest BCUT2D eigenvalue weighted by atomic mass is 9.48. The van der Waals surface area contributed by atoms with E-state index in [2.05, 4.69) is 29.8 Å². The Morgan fingerprint density at radius 1 is 1.11 bits per heavy atom. The highest BCUT2D eigenvalue weighted by molar-refractivity contribution is 9.10. The highest BCUT2D eigenvalue weighted by Gasteiger charge is 2.55. The van der Waals surface area contributed by atoms with Gasteiger partial charge in [0.15, 0.2) is 0 Å². The van der Waals surface area contributed by atoms with Gasteiger partial charge < -0.3 is 4.90 Å². The molecule has 1 atom stereocenters. The predicted octanol–water partition coefficient (Wildman–Crippen LogP) is 3.83. The van der Waals surface area contributed by atoms with Crippen LogP contribution in [0.3, 0.4) is 0 Å². The van der Waals surface area contributed by atoms with Crippen molar-refractivity contribution in [2.24, 2.45) is 23.2 Å². The maximum absolute atomic E-state index is 12.7. The summed E-state index contributed by atoms with van der Waals surface area (Å²) in [6, 6.07) is 0. The number of hydrogen-bond donors (Lipinski definition) is 0. The summed E-state index contributed by atoms with van der Waals surface area (Å²) in [5, 5.41) is 0. The summed E-state index contributed by atoms with van der Waals surface area (Å²) < 4.78 is 0. The molecule has 3 heteroatoms. The molecule has 4 aliphatic rings. The van der Waals surface area contributed by atoms with E-state index >= 15 is 0 Å². The monoisotopic (exact) mass is 327 g/mol. The van der Waals surface area contributed by atoms with Crippen molar-refractivity contribution in [3.63, 3.8) is 0 Å². The van der Waals surface area contributed by atoms with E-state index in [1.807, 2.05) is 4.90 Å². The minimum Gasteiger partial charge on any atom is -0.342 e. The number of halogens is 1. The normalized spacial score (nSPS) is 41.3. The van der Waals surface area contributed by atoms with Gasteiger partial charge in [-0.1, -0.05) is 15.9 Å². The van der Waals surface area contributed by atoms with Crippen molar-refractivity contribution < 1.29 is 4.79 Å². The Hall–Kier alpha value is -0.0500. The number of carbonyl (C=O) groups is 1. The molecular formula is C16H26BrNO. The fourth-order valence-electron chi connectivity index (χ4n) is 5.45. The van der Waals surface area contributed by atoms with Crippen LogP contribution in [0.5, 0.6) is 0 Å². The van der Waals surface area contributed by atoms with Crippen LogP contribution >= 0.6 is 15.9 Å². The Morgan fingerprint density at radius 3 is 1.89 bits per heavy atom. The molecule has 4 aliphatic carbocycles. The fourth-order valence-corrected chi connectivity index (χ4v) is 6.30. The van der Waals surface area contributed by atoms with Gasteiger partial charge in [-0.15, -0.1) is 0 Å². The lowest BCUT2D eigenvalue weighted by Gasteiger charge is -2.58. The van der Waals surface area contributed by atoms with E-state index in [9.17, 15) is 4.79 Å². The van der Waals surface area contributed by atoms with Crippen LogP contribution in [0.25, 0.3) is 0 Å². The third kappa shape index (κ3) is 2.26. The van der Waals surface area contributed by atoms with Gasteiger partial charge in [-0.05, 0) is 75.5 Å². The predicted molar refractivity (Wildman–Crippen MR) is 81.2 cm³/mol. The molecule has 4 fully saturated rings. The minimum absolute atomic E-state index is 0.0632. The zero-order valence-electron chi connectivity index (χ0n) is 12.2. The second kappa shape index (κ2) is 5.05. The summed E-state index contributed by atoms with van der Waals surface area (Å²) in [5.41, 5.74) is 0.286. The van der Waals surface area contributed by atoms with Crippen molar-refractivity contribution >= 4 is 21.8 Å². The van der Waals surface area contributed by atoms with Gasteiger partial charge in [-0.3, -0.25) is 4.79 Å². The molecule has 0 aromatic heterocycles. The first kappa shape index (κ1) is 13.9. The van der Waals surface area contributed by atoms with Crippen LogP contribution in [0.4, 0.5) is 0 Å². The van der Waals surface area contributed by atoms with Gasteiger partial charge in [-0.25, -0.2) is 0 Å². The smallest absolute Gasteiger partial charge is 0.236 e. The van der Waals surface area contributed by atoms with Crippen molar-refractivity contribution in [2.75, 3.05) is 13.1 Å². The van der Waals surface area contributed by atoms with Crippen LogP contribution in [0.2, 0.25) is 0 Å². The first-order chi connectivity index (χ1) is 9.08. The SMILES string of the molecule is CCN(CC)C(=O)[C@H](Br)C12CC3CC(CC(C3)C1)C2. The first-order valence-electron chi connectivity index (χ1n) is 8.00. The molecule has 0 N–H and O–H groups in total. The quantitative estimate of drug-likeness (QED) is 0.718. The number of amides is 1. The summed E-state index contributed by atoms with van der Waals surface area (Å²) in [7, 11) is 0. The standard InChI is InChI=1S/C16H26BrNO/c1-3-18(4-2)15(19)14(17)16-8-11-5-12(9-16)7-13(6-11)10-16/h11-14H,3-10H2,1-2H3/t11?,12?,13?,14-,16?/m0/s1. The van der Waals surface area contributed by atoms with Crippen LogP contribution in [0, 0.1) is 23.2 Å². The number of carbonyl (C=O) groups excluding carboxylic acids is 1. The topological polar surface area (TPSA) is 20.3 Å². The van der Waals surface area contributed by atoms with Crippen LogP contribution in [-0.4, -0.2) is 28.7 Å². The highest BCUT2D eigenvalue weighted by Crippen LogP contribution is 2.62. The van der Waals surface area contributed by atoms with Crippen LogP contribution in [-0.2, 0) is 4.79 Å². The van der Waals surface area contributed by atoms with Gasteiger partial charge in [0, 0.05) is 13.1 Å². The van der Waals surface area contributed by atoms with Gasteiger partial charge in [-0.2, -0.15) is 0 Å². The summed E-state index contributed by atoms with van der Waals surface area (Å²) in [6.45, 7) is 5.84. The van der Waals surface area contributed by atoms with Crippen LogP contribution < -0.4 is 0 Å². The maximum atomic E-state index is 12.7. The number of alkyl halides is 1. The number of rotatable bonds is 4. The molecule has 0 aromatic rings. The Labute approximate surface area is 125 Å². The largest absolute Gasteiger partial charge is 0.342 e. The zero-order valence-corrected chi connectivity index (χ0v) is 13.8. The molecule has 4 rings (SSSR count). The molecule has 4 saturated carbocycles. The maximum Gasteiger partial charge on any atom is 0.236 e. The molecule has 0 saturated heterocycles. The first-order valence-corrected chi connectivity index (χ1v) is 8.92. The second-order valence-corrected chi connectivity index (χ2v) is 8.07. The van der Waals surface area contributed by atoms with Crippen LogP contribution in [0.1, 0.15) is 52.4 Å². The third-order valence-corrected chi connectivity index (χ3v) is 7.28. The van der Waals surface area contributed by atoms with E-state index in [1.165, 1.54) is 38.5 Å². The summed E-state index contributed by atoms with van der Waals surface area (Å²) >= 11 is 3.82. The zero-order chi connectivity index (χ0) is 13.6. The van der Waals surface area contributed by atoms with Crippen molar-refractivity contribution in [3.8, 4) is 0 Å². The van der Waals surface area contributed by atoms with Crippen molar-refractivity contribution in [3.05, 3.63) is 0 Å². The lowest BCUT2D eigenvalue weighted by molar-refractivity contribution is -0.137. The molecule has 0 spiro atoms. The minimum atomic E-state index is 0.0632. The van der Waals surface area contributed by atoms with E-state index < -0.39 is 0 Å². The van der Waals surface area contributed by atoms with E-state index in [4.69, 9.17) is 0 Å². The molecule has 0 radical (unpaired) electrons. The molecule has 0 heterocycles. The molecule has 0 aliphatic heterocycles. The number of hydrogen-bond acceptors (Lipinski definition) is 1. The van der Waals surface area contributed by atoms with E-state index in [-0.39, 0.29) is 10.2 Å². The second-order valence-electron chi connectivity index (χ2n) is 7.15. The lowest BCUT2D eigenvalue weighted by Crippen LogP contribution is -2.54. The average molecular weight is 328 g/mol. The van der Waals surface area contributed by atoms with Crippen LogP contribution in [0.15, 0.2) is 0 Å². The Bertz CT molecular complexity index is 328. The summed E-state index contributed by atoms with van der Waals surface area (Å²) in [6.07, 6.45) is 8.21. The van der Waals surface area contributed by atoms with Gasteiger partial charge in [0.2, 0.25) is 5.91 Å². The van der Waals surface area contributed by atoms with Crippen molar-refractivity contribution in [1.82, 2.24) is 4.90 Å². The number of nitrogens with zero attached hydrogens (tertiary/aromatic N) is 1. The van der Waals surface area contributed by atoms with E-state index in [1.54, 1.807) is 0 Å². The van der Waals surface area contributed by atoms with Crippen molar-refractivity contribution in [2.45, 2.75) is 57.2 Å². The van der Waals surface area contributed by atoms with Crippen molar-refractivity contribution in [1.29, 1.82) is 0 Å². The van der Waals surface area contributed by atoms with E-state index in [0.717, 1.165) is 30.8 Å². The molecular weight excluding hydrogens is 302 g/mol. The van der Waals surface area contributed by atoms with Gasteiger partial charge in [0.1, 0.15) is 0 Å². The van der Waals surface area contributed by atoms with Gasteiger partial charge in [0.25, 0.3) is 0 Å². The summed E-state index contributed by atoms with van der Waals surface area (Å²) in [5.74, 6) is 3.08. The third-order valence-electron chi connectivity index (χ3n) is 5.92. The molecule has 4 bridgehead atoms.